The van der Waals surface area contributed by atoms with E-state index in [2.05, 4.69) is 5.10 Å². The van der Waals surface area contributed by atoms with Crippen molar-refractivity contribution in [3.05, 3.63) is 52.3 Å². The molecule has 1 N–H and O–H groups in total. The zero-order valence-corrected chi connectivity index (χ0v) is 10.4. The summed E-state index contributed by atoms with van der Waals surface area (Å²) in [5, 5.41) is 13.1. The quantitative estimate of drug-likeness (QED) is 0.928. The Labute approximate surface area is 108 Å². The lowest BCUT2D eigenvalue weighted by Crippen LogP contribution is -2.07. The van der Waals surface area contributed by atoms with Gasteiger partial charge in [-0.05, 0) is 19.9 Å². The van der Waals surface area contributed by atoms with Gasteiger partial charge in [-0.25, -0.2) is 13.6 Å². The first-order valence-corrected chi connectivity index (χ1v) is 5.61. The summed E-state index contributed by atoms with van der Waals surface area (Å²) in [5.41, 5.74) is 1.17. The van der Waals surface area contributed by atoms with Gasteiger partial charge < -0.3 is 5.11 Å². The smallest absolute Gasteiger partial charge is 0.339 e. The van der Waals surface area contributed by atoms with Gasteiger partial charge >= 0.3 is 5.97 Å². The third-order valence-electron chi connectivity index (χ3n) is 2.93. The Kier molecular flexibility index (Phi) is 3.33. The number of carboxylic acids is 1. The molecular formula is C13H12F2N2O2. The first kappa shape index (κ1) is 13.2. The van der Waals surface area contributed by atoms with E-state index in [0.717, 1.165) is 12.1 Å². The van der Waals surface area contributed by atoms with Gasteiger partial charge in [-0.1, -0.05) is 6.07 Å². The Morgan fingerprint density at radius 3 is 2.58 bits per heavy atom. The minimum atomic E-state index is -1.07. The van der Waals surface area contributed by atoms with E-state index in [1.807, 2.05) is 0 Å². The van der Waals surface area contributed by atoms with Crippen molar-refractivity contribution in [3.8, 4) is 0 Å². The lowest BCUT2D eigenvalue weighted by Gasteiger charge is -2.06. The molecule has 0 saturated carbocycles. The fraction of sp³-hybridized carbons (Fsp3) is 0.231. The van der Waals surface area contributed by atoms with Crippen molar-refractivity contribution in [2.45, 2.75) is 20.4 Å². The van der Waals surface area contributed by atoms with Crippen molar-refractivity contribution in [1.29, 1.82) is 0 Å². The third kappa shape index (κ3) is 2.47. The molecule has 0 amide bonds. The van der Waals surface area contributed by atoms with Gasteiger partial charge in [-0.15, -0.1) is 0 Å². The topological polar surface area (TPSA) is 55.1 Å². The molecule has 19 heavy (non-hydrogen) atoms. The number of benzene rings is 1. The summed E-state index contributed by atoms with van der Waals surface area (Å²) in [4.78, 5) is 11.0. The average Bonchev–Trinajstić information content (AvgIpc) is 2.58. The molecule has 2 aromatic rings. The lowest BCUT2D eigenvalue weighted by atomic mass is 10.2. The standard InChI is InChI=1S/C13H12F2N2O2/c1-7-12(13(18)19)8(2)17(16-7)6-9-3-4-10(14)5-11(9)15/h3-5H,6H2,1-2H3,(H,18,19). The van der Waals surface area contributed by atoms with E-state index >= 15 is 0 Å². The minimum Gasteiger partial charge on any atom is -0.478 e. The van der Waals surface area contributed by atoms with Gasteiger partial charge in [0.15, 0.2) is 0 Å². The highest BCUT2D eigenvalue weighted by molar-refractivity contribution is 5.90. The van der Waals surface area contributed by atoms with Crippen LogP contribution in [0.15, 0.2) is 18.2 Å². The predicted octanol–water partition coefficient (Wildman–Crippen LogP) is 2.52. The molecule has 2 rings (SSSR count). The van der Waals surface area contributed by atoms with Crippen molar-refractivity contribution < 1.29 is 18.7 Å². The maximum Gasteiger partial charge on any atom is 0.339 e. The predicted molar refractivity (Wildman–Crippen MR) is 64.1 cm³/mol. The second-order valence-corrected chi connectivity index (χ2v) is 4.24. The minimum absolute atomic E-state index is 0.0616. The van der Waals surface area contributed by atoms with E-state index in [-0.39, 0.29) is 17.7 Å². The Morgan fingerprint density at radius 1 is 1.37 bits per heavy atom. The summed E-state index contributed by atoms with van der Waals surface area (Å²) < 4.78 is 27.7. The van der Waals surface area contributed by atoms with Crippen LogP contribution in [0.4, 0.5) is 8.78 Å². The molecule has 4 nitrogen and oxygen atoms in total. The molecule has 6 heteroatoms. The van der Waals surface area contributed by atoms with Crippen molar-refractivity contribution in [2.75, 3.05) is 0 Å². The van der Waals surface area contributed by atoms with Gasteiger partial charge in [-0.3, -0.25) is 4.68 Å². The van der Waals surface area contributed by atoms with Gasteiger partial charge in [0.05, 0.1) is 17.9 Å². The Morgan fingerprint density at radius 2 is 2.05 bits per heavy atom. The summed E-state index contributed by atoms with van der Waals surface area (Å²) in [6.07, 6.45) is 0. The zero-order valence-electron chi connectivity index (χ0n) is 10.4. The van der Waals surface area contributed by atoms with Crippen LogP contribution in [-0.4, -0.2) is 20.9 Å². The van der Waals surface area contributed by atoms with Crippen LogP contribution < -0.4 is 0 Å². The van der Waals surface area contributed by atoms with Crippen LogP contribution >= 0.6 is 0 Å². The zero-order chi connectivity index (χ0) is 14.2. The highest BCUT2D eigenvalue weighted by Gasteiger charge is 2.18. The van der Waals surface area contributed by atoms with Gasteiger partial charge in [0.25, 0.3) is 0 Å². The van der Waals surface area contributed by atoms with Crippen LogP contribution in [0.3, 0.4) is 0 Å². The van der Waals surface area contributed by atoms with E-state index in [9.17, 15) is 13.6 Å². The molecule has 0 unspecified atom stereocenters. The second-order valence-electron chi connectivity index (χ2n) is 4.24. The molecule has 0 radical (unpaired) electrons. The van der Waals surface area contributed by atoms with E-state index in [0.29, 0.717) is 11.4 Å². The fourth-order valence-corrected chi connectivity index (χ4v) is 1.97. The van der Waals surface area contributed by atoms with E-state index < -0.39 is 17.6 Å². The number of aryl methyl sites for hydroxylation is 1. The molecule has 0 bridgehead atoms. The van der Waals surface area contributed by atoms with Gasteiger partial charge in [-0.2, -0.15) is 5.10 Å². The molecule has 0 atom stereocenters. The molecule has 0 aliphatic carbocycles. The van der Waals surface area contributed by atoms with Crippen molar-refractivity contribution in [1.82, 2.24) is 9.78 Å². The number of hydrogen-bond donors (Lipinski definition) is 1. The van der Waals surface area contributed by atoms with Crippen LogP contribution in [0.5, 0.6) is 0 Å². The van der Waals surface area contributed by atoms with Crippen LogP contribution in [0, 0.1) is 25.5 Å². The van der Waals surface area contributed by atoms with Crippen molar-refractivity contribution >= 4 is 5.97 Å². The third-order valence-corrected chi connectivity index (χ3v) is 2.93. The number of aromatic nitrogens is 2. The van der Waals surface area contributed by atoms with Crippen LogP contribution in [-0.2, 0) is 6.54 Å². The molecule has 0 fully saturated rings. The molecule has 100 valence electrons. The molecule has 1 heterocycles. The van der Waals surface area contributed by atoms with Gasteiger partial charge in [0.1, 0.15) is 17.2 Å². The first-order chi connectivity index (χ1) is 8.90. The summed E-state index contributed by atoms with van der Waals surface area (Å²) in [6.45, 7) is 3.24. The summed E-state index contributed by atoms with van der Waals surface area (Å²) in [6, 6.07) is 3.27. The Bertz CT molecular complexity index is 650. The van der Waals surface area contributed by atoms with Crippen molar-refractivity contribution in [3.63, 3.8) is 0 Å². The average molecular weight is 266 g/mol. The molecule has 0 aliphatic heterocycles. The molecule has 1 aromatic carbocycles. The van der Waals surface area contributed by atoms with Crippen LogP contribution in [0.2, 0.25) is 0 Å². The Balaban J connectivity index is 2.39. The van der Waals surface area contributed by atoms with E-state index in [1.165, 1.54) is 10.7 Å². The highest BCUT2D eigenvalue weighted by atomic mass is 19.1. The monoisotopic (exact) mass is 266 g/mol. The summed E-state index contributed by atoms with van der Waals surface area (Å²) in [7, 11) is 0. The molecule has 0 aliphatic rings. The number of aromatic carboxylic acids is 1. The second kappa shape index (κ2) is 4.79. The summed E-state index contributed by atoms with van der Waals surface area (Å²) >= 11 is 0. The highest BCUT2D eigenvalue weighted by Crippen LogP contribution is 2.16. The van der Waals surface area contributed by atoms with Crippen LogP contribution in [0.25, 0.3) is 0 Å². The normalized spacial score (nSPS) is 10.7. The Hall–Kier alpha value is -2.24. The van der Waals surface area contributed by atoms with Crippen molar-refractivity contribution in [2.24, 2.45) is 0 Å². The SMILES string of the molecule is Cc1nn(Cc2ccc(F)cc2F)c(C)c1C(=O)O. The first-order valence-electron chi connectivity index (χ1n) is 5.61. The van der Waals surface area contributed by atoms with E-state index in [4.69, 9.17) is 5.11 Å². The number of halogens is 2. The number of carbonyl (C=O) groups is 1. The number of nitrogens with zero attached hydrogens (tertiary/aromatic N) is 2. The fourth-order valence-electron chi connectivity index (χ4n) is 1.97. The van der Waals surface area contributed by atoms with Gasteiger partial charge in [0, 0.05) is 11.6 Å². The molecule has 0 saturated heterocycles. The molecular weight excluding hydrogens is 254 g/mol. The van der Waals surface area contributed by atoms with Crippen LogP contribution in [0.1, 0.15) is 27.3 Å². The molecule has 1 aromatic heterocycles. The summed E-state index contributed by atoms with van der Waals surface area (Å²) in [5.74, 6) is -2.40. The maximum atomic E-state index is 13.5. The number of carboxylic acid groups (broad SMARTS) is 1. The van der Waals surface area contributed by atoms with E-state index in [1.54, 1.807) is 13.8 Å². The largest absolute Gasteiger partial charge is 0.478 e. The van der Waals surface area contributed by atoms with Gasteiger partial charge in [0.2, 0.25) is 0 Å². The number of hydrogen-bond acceptors (Lipinski definition) is 2. The number of rotatable bonds is 3. The maximum absolute atomic E-state index is 13.5. The molecule has 0 spiro atoms. The lowest BCUT2D eigenvalue weighted by molar-refractivity contribution is 0.0695.